The lowest BCUT2D eigenvalue weighted by Gasteiger charge is -2.29. The molecule has 1 aliphatic heterocycles. The Kier molecular flexibility index (Phi) is 4.80. The number of carbonyl (C=O) groups is 1. The van der Waals surface area contributed by atoms with E-state index in [1.807, 2.05) is 6.07 Å². The summed E-state index contributed by atoms with van der Waals surface area (Å²) in [5, 5.41) is 10.8. The summed E-state index contributed by atoms with van der Waals surface area (Å²) in [6.07, 6.45) is 3.63. The van der Waals surface area contributed by atoms with Crippen LogP contribution in [-0.4, -0.2) is 36.2 Å². The zero-order valence-corrected chi connectivity index (χ0v) is 13.5. The van der Waals surface area contributed by atoms with Crippen LogP contribution in [0.4, 0.5) is 5.82 Å². The van der Waals surface area contributed by atoms with Crippen LogP contribution in [0.25, 0.3) is 0 Å². The lowest BCUT2D eigenvalue weighted by molar-refractivity contribution is 0.0957. The van der Waals surface area contributed by atoms with Crippen molar-refractivity contribution in [3.63, 3.8) is 0 Å². The molecule has 1 aromatic heterocycles. The fraction of sp³-hybridized carbons (Fsp3) is 0.688. The van der Waals surface area contributed by atoms with E-state index in [0.717, 1.165) is 24.8 Å². The molecule has 1 atom stereocenters. The van der Waals surface area contributed by atoms with Crippen molar-refractivity contribution in [3.8, 4) is 0 Å². The summed E-state index contributed by atoms with van der Waals surface area (Å²) in [6, 6.07) is 3.64. The monoisotopic (exact) mass is 290 g/mol. The van der Waals surface area contributed by atoms with Crippen LogP contribution in [0.1, 0.15) is 50.5 Å². The molecule has 1 amide bonds. The largest absolute Gasteiger partial charge is 0.355 e. The third kappa shape index (κ3) is 3.93. The number of aromatic nitrogens is 2. The maximum atomic E-state index is 11.5. The molecule has 5 heteroatoms. The second-order valence-electron chi connectivity index (χ2n) is 6.84. The normalized spacial score (nSPS) is 20.0. The SMILES string of the molecule is CNC(=O)c1ccc(N2CCCC(C(C)(C)C)CC2)nn1. The topological polar surface area (TPSA) is 58.1 Å². The van der Waals surface area contributed by atoms with E-state index < -0.39 is 0 Å². The van der Waals surface area contributed by atoms with Crippen molar-refractivity contribution in [2.45, 2.75) is 40.0 Å². The van der Waals surface area contributed by atoms with Crippen molar-refractivity contribution in [3.05, 3.63) is 17.8 Å². The van der Waals surface area contributed by atoms with Gasteiger partial charge in [0.15, 0.2) is 11.5 Å². The highest BCUT2D eigenvalue weighted by Crippen LogP contribution is 2.34. The third-order valence-electron chi connectivity index (χ3n) is 4.39. The van der Waals surface area contributed by atoms with Gasteiger partial charge >= 0.3 is 0 Å². The molecule has 1 saturated heterocycles. The summed E-state index contributed by atoms with van der Waals surface area (Å²) in [5.74, 6) is 1.43. The highest BCUT2D eigenvalue weighted by atomic mass is 16.1. The Bertz CT molecular complexity index is 478. The predicted octanol–water partition coefficient (Wildman–Crippen LogP) is 2.49. The summed E-state index contributed by atoms with van der Waals surface area (Å²) in [5.41, 5.74) is 0.730. The van der Waals surface area contributed by atoms with Gasteiger partial charge in [0.05, 0.1) is 0 Å². The molecule has 5 nitrogen and oxygen atoms in total. The molecule has 0 bridgehead atoms. The number of amides is 1. The first kappa shape index (κ1) is 15.7. The molecule has 1 aromatic rings. The van der Waals surface area contributed by atoms with Gasteiger partial charge in [-0.2, -0.15) is 0 Å². The Labute approximate surface area is 127 Å². The number of carbonyl (C=O) groups excluding carboxylic acids is 1. The smallest absolute Gasteiger partial charge is 0.271 e. The average molecular weight is 290 g/mol. The fourth-order valence-electron chi connectivity index (χ4n) is 2.93. The summed E-state index contributed by atoms with van der Waals surface area (Å²) in [6.45, 7) is 9.00. The molecule has 0 aliphatic carbocycles. The molecule has 0 aromatic carbocycles. The van der Waals surface area contributed by atoms with Crippen molar-refractivity contribution in [2.75, 3.05) is 25.0 Å². The van der Waals surface area contributed by atoms with Crippen molar-refractivity contribution in [1.29, 1.82) is 0 Å². The number of anilines is 1. The zero-order chi connectivity index (χ0) is 15.5. The van der Waals surface area contributed by atoms with E-state index in [1.54, 1.807) is 13.1 Å². The molecular weight excluding hydrogens is 264 g/mol. The highest BCUT2D eigenvalue weighted by Gasteiger charge is 2.27. The fourth-order valence-corrected chi connectivity index (χ4v) is 2.93. The van der Waals surface area contributed by atoms with E-state index in [2.05, 4.69) is 41.2 Å². The van der Waals surface area contributed by atoms with Gasteiger partial charge in [-0.3, -0.25) is 4.79 Å². The summed E-state index contributed by atoms with van der Waals surface area (Å²) < 4.78 is 0. The van der Waals surface area contributed by atoms with Gasteiger partial charge in [0.2, 0.25) is 0 Å². The molecule has 1 N–H and O–H groups in total. The van der Waals surface area contributed by atoms with Crippen LogP contribution < -0.4 is 10.2 Å². The van der Waals surface area contributed by atoms with Crippen molar-refractivity contribution >= 4 is 11.7 Å². The van der Waals surface area contributed by atoms with Crippen LogP contribution >= 0.6 is 0 Å². The van der Waals surface area contributed by atoms with E-state index in [-0.39, 0.29) is 5.91 Å². The van der Waals surface area contributed by atoms with Crippen LogP contribution in [0.5, 0.6) is 0 Å². The van der Waals surface area contributed by atoms with E-state index in [0.29, 0.717) is 11.1 Å². The second kappa shape index (κ2) is 6.41. The van der Waals surface area contributed by atoms with Crippen molar-refractivity contribution < 1.29 is 4.79 Å². The van der Waals surface area contributed by atoms with E-state index in [9.17, 15) is 4.79 Å². The number of rotatable bonds is 2. The van der Waals surface area contributed by atoms with Crippen LogP contribution in [-0.2, 0) is 0 Å². The van der Waals surface area contributed by atoms with Gasteiger partial charge in [-0.15, -0.1) is 10.2 Å². The summed E-state index contributed by atoms with van der Waals surface area (Å²) >= 11 is 0. The summed E-state index contributed by atoms with van der Waals surface area (Å²) in [7, 11) is 1.60. The Morgan fingerprint density at radius 2 is 2.00 bits per heavy atom. The Hall–Kier alpha value is -1.65. The standard InChI is InChI=1S/C16H26N4O/c1-16(2,3)12-6-5-10-20(11-9-12)14-8-7-13(18-19-14)15(21)17-4/h7-8,12H,5-6,9-11H2,1-4H3,(H,17,21). The Balaban J connectivity index is 2.04. The van der Waals surface area contributed by atoms with Gasteiger partial charge in [-0.05, 0) is 42.7 Å². The average Bonchev–Trinajstić information content (AvgIpc) is 2.72. The lowest BCUT2D eigenvalue weighted by atomic mass is 9.77. The molecule has 0 radical (unpaired) electrons. The van der Waals surface area contributed by atoms with Gasteiger partial charge in [0, 0.05) is 20.1 Å². The molecule has 0 saturated carbocycles. The molecular formula is C16H26N4O. The Morgan fingerprint density at radius 1 is 1.24 bits per heavy atom. The molecule has 116 valence electrons. The van der Waals surface area contributed by atoms with Crippen molar-refractivity contribution in [2.24, 2.45) is 11.3 Å². The quantitative estimate of drug-likeness (QED) is 0.909. The third-order valence-corrected chi connectivity index (χ3v) is 4.39. The number of nitrogens with zero attached hydrogens (tertiary/aromatic N) is 3. The van der Waals surface area contributed by atoms with Crippen LogP contribution in [0.15, 0.2) is 12.1 Å². The Morgan fingerprint density at radius 3 is 2.57 bits per heavy atom. The van der Waals surface area contributed by atoms with E-state index >= 15 is 0 Å². The van der Waals surface area contributed by atoms with Gasteiger partial charge in [-0.25, -0.2) is 0 Å². The molecule has 1 fully saturated rings. The maximum absolute atomic E-state index is 11.5. The lowest BCUT2D eigenvalue weighted by Crippen LogP contribution is -2.27. The van der Waals surface area contributed by atoms with Crippen molar-refractivity contribution in [1.82, 2.24) is 15.5 Å². The second-order valence-corrected chi connectivity index (χ2v) is 6.84. The highest BCUT2D eigenvalue weighted by molar-refractivity contribution is 5.91. The molecule has 21 heavy (non-hydrogen) atoms. The number of hydrogen-bond donors (Lipinski definition) is 1. The first-order valence-corrected chi connectivity index (χ1v) is 7.72. The van der Waals surface area contributed by atoms with E-state index in [1.165, 1.54) is 19.3 Å². The van der Waals surface area contributed by atoms with Gasteiger partial charge in [-0.1, -0.05) is 20.8 Å². The van der Waals surface area contributed by atoms with Gasteiger partial charge in [0.25, 0.3) is 5.91 Å². The predicted molar refractivity (Wildman–Crippen MR) is 84.4 cm³/mol. The minimum Gasteiger partial charge on any atom is -0.355 e. The molecule has 1 aliphatic rings. The zero-order valence-electron chi connectivity index (χ0n) is 13.5. The van der Waals surface area contributed by atoms with Crippen LogP contribution in [0.2, 0.25) is 0 Å². The molecule has 2 rings (SSSR count). The number of hydrogen-bond acceptors (Lipinski definition) is 4. The summed E-state index contributed by atoms with van der Waals surface area (Å²) in [4.78, 5) is 13.8. The number of nitrogens with one attached hydrogen (secondary N) is 1. The first-order chi connectivity index (χ1) is 9.91. The first-order valence-electron chi connectivity index (χ1n) is 7.72. The van der Waals surface area contributed by atoms with E-state index in [4.69, 9.17) is 0 Å². The minimum atomic E-state index is -0.197. The maximum Gasteiger partial charge on any atom is 0.271 e. The minimum absolute atomic E-state index is 0.197. The van der Waals surface area contributed by atoms with Gasteiger partial charge < -0.3 is 10.2 Å². The van der Waals surface area contributed by atoms with Gasteiger partial charge in [0.1, 0.15) is 0 Å². The molecule has 2 heterocycles. The molecule has 0 spiro atoms. The van der Waals surface area contributed by atoms with Crippen LogP contribution in [0.3, 0.4) is 0 Å². The van der Waals surface area contributed by atoms with Crippen LogP contribution in [0, 0.1) is 11.3 Å². The molecule has 1 unspecified atom stereocenters.